The van der Waals surface area contributed by atoms with E-state index >= 15 is 0 Å². The van der Waals surface area contributed by atoms with Crippen molar-refractivity contribution in [2.24, 2.45) is 0 Å². The molecule has 0 radical (unpaired) electrons. The van der Waals surface area contributed by atoms with Gasteiger partial charge in [-0.25, -0.2) is 8.42 Å². The summed E-state index contributed by atoms with van der Waals surface area (Å²) in [4.78, 5) is 0. The number of rotatable bonds is 4. The molecule has 1 atom stereocenters. The summed E-state index contributed by atoms with van der Waals surface area (Å²) in [5.74, 6) is 0.530. The molecule has 1 saturated heterocycles. The van der Waals surface area contributed by atoms with Gasteiger partial charge in [-0.2, -0.15) is 5.10 Å². The van der Waals surface area contributed by atoms with Crippen LogP contribution in [-0.4, -0.2) is 36.8 Å². The SMILES string of the molecule is CCc1c(CNC)cnn1C1CCS(=O)(=O)C1. The van der Waals surface area contributed by atoms with E-state index in [4.69, 9.17) is 0 Å². The third kappa shape index (κ3) is 2.52. The normalized spacial score (nSPS) is 23.1. The first kappa shape index (κ1) is 12.6. The zero-order valence-electron chi connectivity index (χ0n) is 10.3. The summed E-state index contributed by atoms with van der Waals surface area (Å²) < 4.78 is 24.9. The van der Waals surface area contributed by atoms with Gasteiger partial charge in [-0.15, -0.1) is 0 Å². The topological polar surface area (TPSA) is 64.0 Å². The lowest BCUT2D eigenvalue weighted by atomic mass is 10.2. The van der Waals surface area contributed by atoms with Gasteiger partial charge >= 0.3 is 0 Å². The fourth-order valence-electron chi connectivity index (χ4n) is 2.43. The van der Waals surface area contributed by atoms with Crippen LogP contribution in [0.1, 0.15) is 30.6 Å². The Hall–Kier alpha value is -0.880. The Balaban J connectivity index is 2.27. The average Bonchev–Trinajstić information content (AvgIpc) is 2.82. The first-order chi connectivity index (χ1) is 8.07. The molecule has 0 spiro atoms. The van der Waals surface area contributed by atoms with Crippen LogP contribution in [-0.2, 0) is 22.8 Å². The van der Waals surface area contributed by atoms with Crippen LogP contribution < -0.4 is 5.32 Å². The van der Waals surface area contributed by atoms with Crippen LogP contribution in [0.3, 0.4) is 0 Å². The molecule has 1 aliphatic rings. The molecule has 1 aromatic rings. The Labute approximate surface area is 102 Å². The Bertz CT molecular complexity index is 493. The average molecular weight is 257 g/mol. The maximum Gasteiger partial charge on any atom is 0.152 e. The highest BCUT2D eigenvalue weighted by Crippen LogP contribution is 2.25. The van der Waals surface area contributed by atoms with Crippen molar-refractivity contribution in [2.45, 2.75) is 32.4 Å². The molecular weight excluding hydrogens is 238 g/mol. The van der Waals surface area contributed by atoms with Gasteiger partial charge in [0.05, 0.1) is 23.7 Å². The molecule has 0 aliphatic carbocycles. The van der Waals surface area contributed by atoms with Crippen LogP contribution in [0.5, 0.6) is 0 Å². The van der Waals surface area contributed by atoms with Gasteiger partial charge in [0.2, 0.25) is 0 Å². The van der Waals surface area contributed by atoms with Crippen LogP contribution in [0.15, 0.2) is 6.20 Å². The van der Waals surface area contributed by atoms with Gasteiger partial charge < -0.3 is 5.32 Å². The lowest BCUT2D eigenvalue weighted by Gasteiger charge is -2.13. The molecule has 1 N–H and O–H groups in total. The van der Waals surface area contributed by atoms with Gasteiger partial charge in [-0.3, -0.25) is 4.68 Å². The molecular formula is C11H19N3O2S. The van der Waals surface area contributed by atoms with Gasteiger partial charge in [0, 0.05) is 17.8 Å². The third-order valence-corrected chi connectivity index (χ3v) is 4.99. The number of sulfone groups is 1. The lowest BCUT2D eigenvalue weighted by Crippen LogP contribution is -2.16. The first-order valence-corrected chi connectivity index (χ1v) is 7.79. The van der Waals surface area contributed by atoms with Crippen molar-refractivity contribution < 1.29 is 8.42 Å². The minimum absolute atomic E-state index is 0.0283. The molecule has 1 aromatic heterocycles. The van der Waals surface area contributed by atoms with Gasteiger partial charge in [0.15, 0.2) is 9.84 Å². The number of hydrogen-bond acceptors (Lipinski definition) is 4. The van der Waals surface area contributed by atoms with Crippen molar-refractivity contribution in [2.75, 3.05) is 18.6 Å². The van der Waals surface area contributed by atoms with Crippen molar-refractivity contribution >= 4 is 9.84 Å². The molecule has 5 nitrogen and oxygen atoms in total. The Morgan fingerprint density at radius 1 is 1.59 bits per heavy atom. The van der Waals surface area contributed by atoms with Gasteiger partial charge in [0.25, 0.3) is 0 Å². The van der Waals surface area contributed by atoms with E-state index in [9.17, 15) is 8.42 Å². The molecule has 6 heteroatoms. The molecule has 1 fully saturated rings. The standard InChI is InChI=1S/C11H19N3O2S/c1-3-11-9(6-12-2)7-13-14(11)10-4-5-17(15,16)8-10/h7,10,12H,3-6,8H2,1-2H3. The third-order valence-electron chi connectivity index (χ3n) is 3.24. The molecule has 2 heterocycles. The van der Waals surface area contributed by atoms with Crippen molar-refractivity contribution in [1.29, 1.82) is 0 Å². The summed E-state index contributed by atoms with van der Waals surface area (Å²) in [6.07, 6.45) is 3.42. The minimum Gasteiger partial charge on any atom is -0.316 e. The molecule has 0 saturated carbocycles. The summed E-state index contributed by atoms with van der Waals surface area (Å²) in [7, 11) is -0.948. The van der Waals surface area contributed by atoms with Gasteiger partial charge in [-0.05, 0) is 19.9 Å². The summed E-state index contributed by atoms with van der Waals surface area (Å²) in [5, 5.41) is 7.47. The molecule has 2 rings (SSSR count). The first-order valence-electron chi connectivity index (χ1n) is 5.97. The van der Waals surface area contributed by atoms with Crippen LogP contribution in [0, 0.1) is 0 Å². The second-order valence-corrected chi connectivity index (χ2v) is 6.73. The number of nitrogens with one attached hydrogen (secondary N) is 1. The molecule has 1 unspecified atom stereocenters. The van der Waals surface area contributed by atoms with Crippen LogP contribution in [0.2, 0.25) is 0 Å². The summed E-state index contributed by atoms with van der Waals surface area (Å²) >= 11 is 0. The molecule has 0 bridgehead atoms. The summed E-state index contributed by atoms with van der Waals surface area (Å²) in [6, 6.07) is 0.0283. The van der Waals surface area contributed by atoms with E-state index in [-0.39, 0.29) is 11.8 Å². The van der Waals surface area contributed by atoms with E-state index in [1.165, 1.54) is 5.56 Å². The lowest BCUT2D eigenvalue weighted by molar-refractivity contribution is 0.481. The highest BCUT2D eigenvalue weighted by molar-refractivity contribution is 7.91. The van der Waals surface area contributed by atoms with Crippen molar-refractivity contribution in [3.05, 3.63) is 17.5 Å². The van der Waals surface area contributed by atoms with Crippen LogP contribution in [0.25, 0.3) is 0 Å². The molecule has 1 aliphatic heterocycles. The molecule has 17 heavy (non-hydrogen) atoms. The number of hydrogen-bond donors (Lipinski definition) is 1. The maximum absolute atomic E-state index is 11.5. The number of nitrogens with zero attached hydrogens (tertiary/aromatic N) is 2. The Morgan fingerprint density at radius 2 is 2.35 bits per heavy atom. The van der Waals surface area contributed by atoms with E-state index in [0.717, 1.165) is 18.7 Å². The fraction of sp³-hybridized carbons (Fsp3) is 0.727. The zero-order valence-corrected chi connectivity index (χ0v) is 11.1. The Morgan fingerprint density at radius 3 is 2.88 bits per heavy atom. The zero-order chi connectivity index (χ0) is 12.5. The maximum atomic E-state index is 11.5. The highest BCUT2D eigenvalue weighted by Gasteiger charge is 2.31. The summed E-state index contributed by atoms with van der Waals surface area (Å²) in [6.45, 7) is 2.86. The Kier molecular flexibility index (Phi) is 3.53. The molecule has 96 valence electrons. The fourth-order valence-corrected chi connectivity index (χ4v) is 4.13. The van der Waals surface area contributed by atoms with E-state index < -0.39 is 9.84 Å². The quantitative estimate of drug-likeness (QED) is 0.854. The van der Waals surface area contributed by atoms with Crippen molar-refractivity contribution in [1.82, 2.24) is 15.1 Å². The van der Waals surface area contributed by atoms with Crippen molar-refractivity contribution in [3.63, 3.8) is 0 Å². The smallest absolute Gasteiger partial charge is 0.152 e. The van der Waals surface area contributed by atoms with Gasteiger partial charge in [-0.1, -0.05) is 6.92 Å². The summed E-state index contributed by atoms with van der Waals surface area (Å²) in [5.41, 5.74) is 2.32. The van der Waals surface area contributed by atoms with E-state index in [1.54, 1.807) is 0 Å². The van der Waals surface area contributed by atoms with Crippen LogP contribution >= 0.6 is 0 Å². The largest absolute Gasteiger partial charge is 0.316 e. The minimum atomic E-state index is -2.85. The van der Waals surface area contributed by atoms with E-state index in [2.05, 4.69) is 17.3 Å². The van der Waals surface area contributed by atoms with Crippen molar-refractivity contribution in [3.8, 4) is 0 Å². The van der Waals surface area contributed by atoms with E-state index in [1.807, 2.05) is 17.9 Å². The molecule has 0 amide bonds. The highest BCUT2D eigenvalue weighted by atomic mass is 32.2. The molecule has 0 aromatic carbocycles. The van der Waals surface area contributed by atoms with Gasteiger partial charge in [0.1, 0.15) is 0 Å². The van der Waals surface area contributed by atoms with Crippen LogP contribution in [0.4, 0.5) is 0 Å². The predicted octanol–water partition coefficient (Wildman–Crippen LogP) is 0.525. The second-order valence-electron chi connectivity index (χ2n) is 4.50. The van der Waals surface area contributed by atoms with E-state index in [0.29, 0.717) is 12.2 Å². The second kappa shape index (κ2) is 4.78. The monoisotopic (exact) mass is 257 g/mol. The number of aromatic nitrogens is 2. The predicted molar refractivity (Wildman–Crippen MR) is 66.7 cm³/mol.